The Labute approximate surface area is 127 Å². The van der Waals surface area contributed by atoms with Crippen LogP contribution in [0.15, 0.2) is 42.5 Å². The predicted octanol–water partition coefficient (Wildman–Crippen LogP) is 3.67. The van der Waals surface area contributed by atoms with Gasteiger partial charge in [-0.25, -0.2) is 0 Å². The smallest absolute Gasteiger partial charge is 0.222 e. The highest BCUT2D eigenvalue weighted by Gasteiger charge is 2.15. The molecular weight excluding hydrogens is 292 g/mol. The molecule has 0 saturated heterocycles. The van der Waals surface area contributed by atoms with E-state index in [0.29, 0.717) is 0 Å². The molecule has 0 fully saturated rings. The monoisotopic (exact) mass is 308 g/mol. The summed E-state index contributed by atoms with van der Waals surface area (Å²) >= 11 is 7.36. The van der Waals surface area contributed by atoms with Crippen LogP contribution in [0.2, 0.25) is 4.34 Å². The molecule has 0 bridgehead atoms. The zero-order valence-corrected chi connectivity index (χ0v) is 12.7. The number of rotatable bonds is 5. The number of nitrogens with one attached hydrogen (secondary N) is 1. The summed E-state index contributed by atoms with van der Waals surface area (Å²) in [5, 5.41) is 2.94. The van der Waals surface area contributed by atoms with Crippen molar-refractivity contribution in [2.24, 2.45) is 5.73 Å². The Morgan fingerprint density at radius 1 is 1.30 bits per heavy atom. The maximum atomic E-state index is 12.0. The van der Waals surface area contributed by atoms with Crippen molar-refractivity contribution >= 4 is 28.8 Å². The van der Waals surface area contributed by atoms with E-state index in [1.165, 1.54) is 11.3 Å². The van der Waals surface area contributed by atoms with Crippen molar-refractivity contribution in [3.8, 4) is 0 Å². The summed E-state index contributed by atoms with van der Waals surface area (Å²) in [7, 11) is 0. The number of carbonyl (C=O) groups excluding carboxylic acids is 1. The van der Waals surface area contributed by atoms with E-state index in [0.717, 1.165) is 14.8 Å². The molecule has 1 aromatic heterocycles. The van der Waals surface area contributed by atoms with Crippen LogP contribution in [0.5, 0.6) is 0 Å². The average Bonchev–Trinajstić information content (AvgIpc) is 2.86. The highest BCUT2D eigenvalue weighted by atomic mass is 35.5. The van der Waals surface area contributed by atoms with Gasteiger partial charge < -0.3 is 11.1 Å². The van der Waals surface area contributed by atoms with Crippen LogP contribution in [-0.4, -0.2) is 5.91 Å². The highest BCUT2D eigenvalue weighted by molar-refractivity contribution is 7.16. The number of carbonyl (C=O) groups is 1. The third-order valence-electron chi connectivity index (χ3n) is 3.03. The zero-order chi connectivity index (χ0) is 14.5. The first kappa shape index (κ1) is 15.0. The number of nitrogens with two attached hydrogens (primary N) is 1. The van der Waals surface area contributed by atoms with Gasteiger partial charge >= 0.3 is 0 Å². The molecule has 5 heteroatoms. The summed E-state index contributed by atoms with van der Waals surface area (Å²) in [5.41, 5.74) is 7.00. The lowest BCUT2D eigenvalue weighted by Gasteiger charge is -2.15. The normalized spacial score (nSPS) is 13.8. The van der Waals surface area contributed by atoms with Crippen LogP contribution in [0.4, 0.5) is 0 Å². The standard InChI is InChI=1S/C15H17ClN2OS/c1-10(13-7-8-14(16)20-13)18-15(19)9-12(17)11-5-3-2-4-6-11/h2-8,10,12H,9,17H2,1H3,(H,18,19)/t10-,12+/m1/s1. The van der Waals surface area contributed by atoms with Gasteiger partial charge in [0, 0.05) is 17.3 Å². The van der Waals surface area contributed by atoms with Gasteiger partial charge in [-0.1, -0.05) is 41.9 Å². The molecule has 1 aromatic carbocycles. The molecule has 0 saturated carbocycles. The minimum Gasteiger partial charge on any atom is -0.349 e. The van der Waals surface area contributed by atoms with E-state index in [2.05, 4.69) is 5.32 Å². The van der Waals surface area contributed by atoms with Crippen molar-refractivity contribution in [2.75, 3.05) is 0 Å². The van der Waals surface area contributed by atoms with E-state index in [4.69, 9.17) is 17.3 Å². The third-order valence-corrected chi connectivity index (χ3v) is 4.45. The van der Waals surface area contributed by atoms with Crippen molar-refractivity contribution in [1.29, 1.82) is 0 Å². The molecular formula is C15H17ClN2OS. The Kier molecular flexibility index (Phi) is 5.17. The Bertz CT molecular complexity index is 570. The third kappa shape index (κ3) is 4.07. The van der Waals surface area contributed by atoms with Gasteiger partial charge in [-0.05, 0) is 24.6 Å². The molecule has 3 nitrogen and oxygen atoms in total. The molecule has 1 heterocycles. The maximum absolute atomic E-state index is 12.0. The highest BCUT2D eigenvalue weighted by Crippen LogP contribution is 2.26. The Hall–Kier alpha value is -1.36. The molecule has 2 rings (SSSR count). The van der Waals surface area contributed by atoms with Gasteiger partial charge in [0.15, 0.2) is 0 Å². The van der Waals surface area contributed by atoms with Crippen LogP contribution in [0, 0.1) is 0 Å². The summed E-state index contributed by atoms with van der Waals surface area (Å²) < 4.78 is 0.724. The lowest BCUT2D eigenvalue weighted by atomic mass is 10.0. The molecule has 0 spiro atoms. The molecule has 0 aliphatic rings. The van der Waals surface area contributed by atoms with E-state index in [1.54, 1.807) is 0 Å². The predicted molar refractivity (Wildman–Crippen MR) is 83.9 cm³/mol. The van der Waals surface area contributed by atoms with Crippen LogP contribution in [-0.2, 0) is 4.79 Å². The second-order valence-corrected chi connectivity index (χ2v) is 6.40. The van der Waals surface area contributed by atoms with Crippen molar-refractivity contribution in [1.82, 2.24) is 5.32 Å². The lowest BCUT2D eigenvalue weighted by Crippen LogP contribution is -2.29. The van der Waals surface area contributed by atoms with Gasteiger partial charge in [-0.2, -0.15) is 0 Å². The Balaban J connectivity index is 1.89. The number of hydrogen-bond donors (Lipinski definition) is 2. The number of thiophene rings is 1. The van der Waals surface area contributed by atoms with Crippen LogP contribution >= 0.6 is 22.9 Å². The first-order chi connectivity index (χ1) is 9.56. The maximum Gasteiger partial charge on any atom is 0.222 e. The van der Waals surface area contributed by atoms with E-state index in [-0.39, 0.29) is 24.4 Å². The fourth-order valence-corrected chi connectivity index (χ4v) is 3.01. The number of halogens is 1. The zero-order valence-electron chi connectivity index (χ0n) is 11.2. The van der Waals surface area contributed by atoms with E-state index < -0.39 is 0 Å². The summed E-state index contributed by atoms with van der Waals surface area (Å²) in [6.45, 7) is 1.94. The largest absolute Gasteiger partial charge is 0.349 e. The second-order valence-electron chi connectivity index (χ2n) is 4.65. The Morgan fingerprint density at radius 2 is 2.00 bits per heavy atom. The van der Waals surface area contributed by atoms with Gasteiger partial charge in [0.1, 0.15) is 0 Å². The van der Waals surface area contributed by atoms with Crippen molar-refractivity contribution in [3.63, 3.8) is 0 Å². The summed E-state index contributed by atoms with van der Waals surface area (Å²) in [6.07, 6.45) is 0.271. The SMILES string of the molecule is C[C@@H](NC(=O)C[C@H](N)c1ccccc1)c1ccc(Cl)s1. The first-order valence-electron chi connectivity index (χ1n) is 6.41. The van der Waals surface area contributed by atoms with Crippen molar-refractivity contribution in [3.05, 3.63) is 57.2 Å². The molecule has 1 amide bonds. The molecule has 0 aliphatic carbocycles. The molecule has 2 aromatic rings. The van der Waals surface area contributed by atoms with Gasteiger partial charge in [-0.3, -0.25) is 4.79 Å². The fraction of sp³-hybridized carbons (Fsp3) is 0.267. The second kappa shape index (κ2) is 6.88. The number of benzene rings is 1. The molecule has 20 heavy (non-hydrogen) atoms. The van der Waals surface area contributed by atoms with E-state index >= 15 is 0 Å². The van der Waals surface area contributed by atoms with Crippen LogP contribution in [0.3, 0.4) is 0 Å². The molecule has 106 valence electrons. The average molecular weight is 309 g/mol. The lowest BCUT2D eigenvalue weighted by molar-refractivity contribution is -0.122. The van der Waals surface area contributed by atoms with Gasteiger partial charge in [0.05, 0.1) is 10.4 Å². The van der Waals surface area contributed by atoms with Crippen molar-refractivity contribution in [2.45, 2.75) is 25.4 Å². The molecule has 0 unspecified atom stereocenters. The van der Waals surface area contributed by atoms with E-state index in [9.17, 15) is 4.79 Å². The number of amides is 1. The Morgan fingerprint density at radius 3 is 2.60 bits per heavy atom. The number of hydrogen-bond acceptors (Lipinski definition) is 3. The quantitative estimate of drug-likeness (QED) is 0.885. The van der Waals surface area contributed by atoms with Gasteiger partial charge in [0.2, 0.25) is 5.91 Å². The molecule has 2 atom stereocenters. The summed E-state index contributed by atoms with van der Waals surface area (Å²) in [6, 6.07) is 13.1. The van der Waals surface area contributed by atoms with Gasteiger partial charge in [0.25, 0.3) is 0 Å². The summed E-state index contributed by atoms with van der Waals surface area (Å²) in [4.78, 5) is 13.0. The molecule has 0 aliphatic heterocycles. The molecule has 0 radical (unpaired) electrons. The minimum atomic E-state index is -0.282. The molecule has 3 N–H and O–H groups in total. The van der Waals surface area contributed by atoms with E-state index in [1.807, 2.05) is 49.4 Å². The van der Waals surface area contributed by atoms with Crippen LogP contribution in [0.25, 0.3) is 0 Å². The van der Waals surface area contributed by atoms with Crippen molar-refractivity contribution < 1.29 is 4.79 Å². The first-order valence-corrected chi connectivity index (χ1v) is 7.61. The minimum absolute atomic E-state index is 0.0528. The van der Waals surface area contributed by atoms with Crippen LogP contribution in [0.1, 0.15) is 35.9 Å². The fourth-order valence-electron chi connectivity index (χ4n) is 1.95. The van der Waals surface area contributed by atoms with Crippen LogP contribution < -0.4 is 11.1 Å². The van der Waals surface area contributed by atoms with Gasteiger partial charge in [-0.15, -0.1) is 11.3 Å². The topological polar surface area (TPSA) is 55.1 Å². The summed E-state index contributed by atoms with van der Waals surface area (Å²) in [5.74, 6) is -0.0571.